The normalized spacial score (nSPS) is 43.9. The summed E-state index contributed by atoms with van der Waals surface area (Å²) in [5.74, 6) is 2.87. The Labute approximate surface area is 69.1 Å². The molecule has 1 nitrogen and oxygen atoms in total. The zero-order chi connectivity index (χ0) is 7.68. The molecule has 1 unspecified atom stereocenters. The van der Waals surface area contributed by atoms with Crippen LogP contribution in [0.2, 0.25) is 0 Å². The van der Waals surface area contributed by atoms with Gasteiger partial charge in [0, 0.05) is 13.2 Å². The highest BCUT2D eigenvalue weighted by atomic mass is 16.5. The number of hydrogen-bond donors (Lipinski definition) is 0. The highest BCUT2D eigenvalue weighted by molar-refractivity contribution is 4.82. The van der Waals surface area contributed by atoms with E-state index in [0.717, 1.165) is 31.0 Å². The summed E-state index contributed by atoms with van der Waals surface area (Å²) < 4.78 is 5.48. The Bertz CT molecular complexity index is 133. The van der Waals surface area contributed by atoms with Gasteiger partial charge in [0.1, 0.15) is 0 Å². The van der Waals surface area contributed by atoms with Crippen molar-refractivity contribution in [2.45, 2.75) is 32.6 Å². The van der Waals surface area contributed by atoms with Crippen LogP contribution in [0.25, 0.3) is 0 Å². The fourth-order valence-electron chi connectivity index (χ4n) is 2.59. The molecule has 0 aromatic rings. The third-order valence-electron chi connectivity index (χ3n) is 3.49. The summed E-state index contributed by atoms with van der Waals surface area (Å²) in [5.41, 5.74) is 0. The monoisotopic (exact) mass is 154 g/mol. The third-order valence-corrected chi connectivity index (χ3v) is 3.49. The van der Waals surface area contributed by atoms with Crippen molar-refractivity contribution in [3.63, 3.8) is 0 Å². The van der Waals surface area contributed by atoms with E-state index >= 15 is 0 Å². The maximum atomic E-state index is 5.48. The molecule has 1 aliphatic heterocycles. The van der Waals surface area contributed by atoms with Crippen LogP contribution < -0.4 is 0 Å². The van der Waals surface area contributed by atoms with Crippen molar-refractivity contribution < 1.29 is 4.74 Å². The Hall–Kier alpha value is -0.0400. The van der Waals surface area contributed by atoms with E-state index in [1.165, 1.54) is 25.7 Å². The number of ether oxygens (including phenoxy) is 1. The van der Waals surface area contributed by atoms with Crippen molar-refractivity contribution in [3.05, 3.63) is 0 Å². The lowest BCUT2D eigenvalue weighted by Gasteiger charge is -2.29. The molecule has 11 heavy (non-hydrogen) atoms. The quantitative estimate of drug-likeness (QED) is 0.563. The Morgan fingerprint density at radius 2 is 2.00 bits per heavy atom. The Morgan fingerprint density at radius 1 is 1.18 bits per heavy atom. The smallest absolute Gasteiger partial charge is 0.0498 e. The van der Waals surface area contributed by atoms with Crippen molar-refractivity contribution in [1.29, 1.82) is 0 Å². The standard InChI is InChI=1S/C10H18O/c1-2-8-3-4-9-6-11-7-10(9)5-8/h8-10H,2-7H2,1H3/t8?,9-,10-/m0/s1. The maximum Gasteiger partial charge on any atom is 0.0498 e. The average molecular weight is 154 g/mol. The van der Waals surface area contributed by atoms with Crippen LogP contribution >= 0.6 is 0 Å². The van der Waals surface area contributed by atoms with Gasteiger partial charge in [-0.05, 0) is 30.6 Å². The van der Waals surface area contributed by atoms with Crippen molar-refractivity contribution in [3.8, 4) is 0 Å². The first-order valence-corrected chi connectivity index (χ1v) is 4.98. The summed E-state index contributed by atoms with van der Waals surface area (Å²) in [6, 6.07) is 0. The SMILES string of the molecule is CCC1CC[C@H]2COC[C@@H]2C1. The second-order valence-corrected chi connectivity index (χ2v) is 4.14. The molecule has 1 saturated heterocycles. The molecule has 0 amide bonds. The molecule has 0 radical (unpaired) electrons. The second kappa shape index (κ2) is 3.14. The molecule has 64 valence electrons. The molecule has 0 spiro atoms. The van der Waals surface area contributed by atoms with Gasteiger partial charge in [0.15, 0.2) is 0 Å². The van der Waals surface area contributed by atoms with Gasteiger partial charge in [-0.1, -0.05) is 19.8 Å². The Morgan fingerprint density at radius 3 is 2.82 bits per heavy atom. The minimum atomic E-state index is 0.925. The minimum Gasteiger partial charge on any atom is -0.381 e. The van der Waals surface area contributed by atoms with Gasteiger partial charge < -0.3 is 4.74 Å². The van der Waals surface area contributed by atoms with E-state index in [0.29, 0.717) is 0 Å². The van der Waals surface area contributed by atoms with Crippen LogP contribution in [0, 0.1) is 17.8 Å². The lowest BCUT2D eigenvalue weighted by Crippen LogP contribution is -2.22. The lowest BCUT2D eigenvalue weighted by atomic mass is 9.75. The first kappa shape index (κ1) is 7.60. The molecule has 0 aromatic heterocycles. The van der Waals surface area contributed by atoms with Gasteiger partial charge in [0.25, 0.3) is 0 Å². The molecule has 1 heteroatoms. The van der Waals surface area contributed by atoms with Gasteiger partial charge in [-0.25, -0.2) is 0 Å². The Balaban J connectivity index is 1.91. The predicted molar refractivity (Wildman–Crippen MR) is 45.4 cm³/mol. The number of rotatable bonds is 1. The molecule has 0 aromatic carbocycles. The van der Waals surface area contributed by atoms with E-state index in [9.17, 15) is 0 Å². The fourth-order valence-corrected chi connectivity index (χ4v) is 2.59. The molecular formula is C10H18O. The van der Waals surface area contributed by atoms with Gasteiger partial charge in [-0.15, -0.1) is 0 Å². The van der Waals surface area contributed by atoms with Crippen LogP contribution in [-0.2, 0) is 4.74 Å². The zero-order valence-corrected chi connectivity index (χ0v) is 7.38. The van der Waals surface area contributed by atoms with Crippen molar-refractivity contribution in [1.82, 2.24) is 0 Å². The molecular weight excluding hydrogens is 136 g/mol. The summed E-state index contributed by atoms with van der Waals surface area (Å²) in [7, 11) is 0. The summed E-state index contributed by atoms with van der Waals surface area (Å²) in [6.45, 7) is 4.43. The van der Waals surface area contributed by atoms with E-state index in [2.05, 4.69) is 6.92 Å². The first-order chi connectivity index (χ1) is 5.40. The second-order valence-electron chi connectivity index (χ2n) is 4.14. The highest BCUT2D eigenvalue weighted by Gasteiger charge is 2.33. The van der Waals surface area contributed by atoms with E-state index in [-0.39, 0.29) is 0 Å². The van der Waals surface area contributed by atoms with E-state index in [1.807, 2.05) is 0 Å². The Kier molecular flexibility index (Phi) is 2.17. The molecule has 1 heterocycles. The minimum absolute atomic E-state index is 0.925. The summed E-state index contributed by atoms with van der Waals surface area (Å²) in [6.07, 6.45) is 5.72. The first-order valence-electron chi connectivity index (χ1n) is 4.98. The summed E-state index contributed by atoms with van der Waals surface area (Å²) in [5, 5.41) is 0. The van der Waals surface area contributed by atoms with Crippen molar-refractivity contribution >= 4 is 0 Å². The van der Waals surface area contributed by atoms with Crippen LogP contribution in [0.1, 0.15) is 32.6 Å². The van der Waals surface area contributed by atoms with Gasteiger partial charge >= 0.3 is 0 Å². The van der Waals surface area contributed by atoms with Gasteiger partial charge in [-0.2, -0.15) is 0 Å². The van der Waals surface area contributed by atoms with Gasteiger partial charge in [-0.3, -0.25) is 0 Å². The summed E-state index contributed by atoms with van der Waals surface area (Å²) in [4.78, 5) is 0. The molecule has 1 saturated carbocycles. The van der Waals surface area contributed by atoms with Crippen molar-refractivity contribution in [2.75, 3.05) is 13.2 Å². The largest absolute Gasteiger partial charge is 0.381 e. The molecule has 0 bridgehead atoms. The zero-order valence-electron chi connectivity index (χ0n) is 7.38. The van der Waals surface area contributed by atoms with Gasteiger partial charge in [0.2, 0.25) is 0 Å². The molecule has 2 rings (SSSR count). The average Bonchev–Trinajstić information content (AvgIpc) is 2.50. The number of hydrogen-bond acceptors (Lipinski definition) is 1. The summed E-state index contributed by atoms with van der Waals surface area (Å²) >= 11 is 0. The molecule has 1 aliphatic carbocycles. The molecule has 2 fully saturated rings. The van der Waals surface area contributed by atoms with Crippen molar-refractivity contribution in [2.24, 2.45) is 17.8 Å². The molecule has 0 N–H and O–H groups in total. The third kappa shape index (κ3) is 1.44. The van der Waals surface area contributed by atoms with E-state index in [4.69, 9.17) is 4.74 Å². The van der Waals surface area contributed by atoms with E-state index < -0.39 is 0 Å². The van der Waals surface area contributed by atoms with Crippen LogP contribution in [0.5, 0.6) is 0 Å². The van der Waals surface area contributed by atoms with Crippen LogP contribution in [-0.4, -0.2) is 13.2 Å². The van der Waals surface area contributed by atoms with Crippen LogP contribution in [0.15, 0.2) is 0 Å². The lowest BCUT2D eigenvalue weighted by molar-refractivity contribution is 0.180. The predicted octanol–water partition coefficient (Wildman–Crippen LogP) is 2.46. The molecule has 3 atom stereocenters. The van der Waals surface area contributed by atoms with E-state index in [1.54, 1.807) is 0 Å². The highest BCUT2D eigenvalue weighted by Crippen LogP contribution is 2.38. The molecule has 2 aliphatic rings. The van der Waals surface area contributed by atoms with Gasteiger partial charge in [0.05, 0.1) is 0 Å². The topological polar surface area (TPSA) is 9.23 Å². The van der Waals surface area contributed by atoms with Crippen LogP contribution in [0.4, 0.5) is 0 Å². The maximum absolute atomic E-state index is 5.48. The van der Waals surface area contributed by atoms with Crippen LogP contribution in [0.3, 0.4) is 0 Å². The fraction of sp³-hybridized carbons (Fsp3) is 1.00. The number of fused-ring (bicyclic) bond motifs is 1.